The van der Waals surface area contributed by atoms with Crippen LogP contribution in [0.15, 0.2) is 36.5 Å². The monoisotopic (exact) mass is 337 g/mol. The van der Waals surface area contributed by atoms with Crippen LogP contribution in [0.2, 0.25) is 0 Å². The van der Waals surface area contributed by atoms with Gasteiger partial charge in [0.15, 0.2) is 5.65 Å². The minimum Gasteiger partial charge on any atom is -0.357 e. The van der Waals surface area contributed by atoms with E-state index >= 15 is 0 Å². The highest BCUT2D eigenvalue weighted by atomic mass is 16.2. The van der Waals surface area contributed by atoms with Crippen LogP contribution in [0.3, 0.4) is 0 Å². The standard InChI is InChI=1S/C17H19N7O/c1-23-11-5-3-7-13(17(23)25)19-14-8-9-15-20-21-16(24(15)22-14)12-6-2-4-10-18-12/h2,4,6,8-10,13H,3,5,7,11H2,1H3,(H,19,22)/t13-/m1/s1. The van der Waals surface area contributed by atoms with Crippen molar-refractivity contribution in [2.75, 3.05) is 18.9 Å². The van der Waals surface area contributed by atoms with Gasteiger partial charge in [0.1, 0.15) is 17.6 Å². The van der Waals surface area contributed by atoms with Crippen molar-refractivity contribution < 1.29 is 4.79 Å². The van der Waals surface area contributed by atoms with Crippen molar-refractivity contribution in [1.82, 2.24) is 29.7 Å². The Morgan fingerprint density at radius 2 is 2.08 bits per heavy atom. The Bertz CT molecular complexity index is 892. The number of hydrogen-bond donors (Lipinski definition) is 1. The summed E-state index contributed by atoms with van der Waals surface area (Å²) in [5.41, 5.74) is 1.33. The molecule has 1 saturated heterocycles. The number of carbonyl (C=O) groups is 1. The number of rotatable bonds is 3. The van der Waals surface area contributed by atoms with E-state index in [1.807, 2.05) is 37.4 Å². The molecule has 4 rings (SSSR count). The normalized spacial score (nSPS) is 18.4. The second kappa shape index (κ2) is 6.46. The zero-order chi connectivity index (χ0) is 17.2. The van der Waals surface area contributed by atoms with E-state index in [4.69, 9.17) is 0 Å². The molecule has 4 heterocycles. The van der Waals surface area contributed by atoms with Gasteiger partial charge in [0, 0.05) is 19.8 Å². The van der Waals surface area contributed by atoms with Crippen molar-refractivity contribution >= 4 is 17.4 Å². The Morgan fingerprint density at radius 1 is 1.16 bits per heavy atom. The quantitative estimate of drug-likeness (QED) is 0.781. The number of amides is 1. The molecule has 3 aromatic heterocycles. The molecule has 0 bridgehead atoms. The zero-order valence-electron chi connectivity index (χ0n) is 14.0. The molecule has 1 fully saturated rings. The fraction of sp³-hybridized carbons (Fsp3) is 0.353. The van der Waals surface area contributed by atoms with Crippen LogP contribution in [0.4, 0.5) is 5.82 Å². The number of likely N-dealkylation sites (N-methyl/N-ethyl adjacent to an activating group) is 1. The molecule has 0 aromatic carbocycles. The van der Waals surface area contributed by atoms with E-state index in [-0.39, 0.29) is 11.9 Å². The van der Waals surface area contributed by atoms with Gasteiger partial charge in [-0.2, -0.15) is 4.52 Å². The van der Waals surface area contributed by atoms with Crippen LogP contribution in [-0.2, 0) is 4.79 Å². The van der Waals surface area contributed by atoms with E-state index < -0.39 is 0 Å². The molecule has 8 heteroatoms. The van der Waals surface area contributed by atoms with Gasteiger partial charge in [-0.15, -0.1) is 15.3 Å². The van der Waals surface area contributed by atoms with Crippen molar-refractivity contribution in [2.24, 2.45) is 0 Å². The lowest BCUT2D eigenvalue weighted by Gasteiger charge is -2.21. The number of anilines is 1. The molecule has 1 amide bonds. The van der Waals surface area contributed by atoms with Crippen molar-refractivity contribution in [3.8, 4) is 11.5 Å². The molecule has 0 radical (unpaired) electrons. The van der Waals surface area contributed by atoms with Crippen molar-refractivity contribution in [1.29, 1.82) is 0 Å². The first kappa shape index (κ1) is 15.5. The number of nitrogens with one attached hydrogen (secondary N) is 1. The highest BCUT2D eigenvalue weighted by Gasteiger charge is 2.25. The number of aromatic nitrogens is 5. The molecular weight excluding hydrogens is 318 g/mol. The van der Waals surface area contributed by atoms with Crippen LogP contribution in [0, 0.1) is 0 Å². The summed E-state index contributed by atoms with van der Waals surface area (Å²) in [5, 5.41) is 16.1. The largest absolute Gasteiger partial charge is 0.357 e. The second-order valence-corrected chi connectivity index (χ2v) is 6.18. The predicted octanol–water partition coefficient (Wildman–Crippen LogP) is 1.61. The summed E-state index contributed by atoms with van der Waals surface area (Å²) in [4.78, 5) is 18.5. The summed E-state index contributed by atoms with van der Waals surface area (Å²) in [5.74, 6) is 1.30. The smallest absolute Gasteiger partial charge is 0.244 e. The van der Waals surface area contributed by atoms with E-state index in [2.05, 4.69) is 25.6 Å². The van der Waals surface area contributed by atoms with E-state index in [9.17, 15) is 4.79 Å². The zero-order valence-corrected chi connectivity index (χ0v) is 14.0. The Morgan fingerprint density at radius 3 is 2.92 bits per heavy atom. The predicted molar refractivity (Wildman–Crippen MR) is 92.9 cm³/mol. The maximum Gasteiger partial charge on any atom is 0.244 e. The molecule has 128 valence electrons. The maximum atomic E-state index is 12.4. The van der Waals surface area contributed by atoms with Crippen LogP contribution in [-0.4, -0.2) is 55.2 Å². The van der Waals surface area contributed by atoms with E-state index in [0.717, 1.165) is 25.8 Å². The number of fused-ring (bicyclic) bond motifs is 1. The van der Waals surface area contributed by atoms with Gasteiger partial charge in [-0.3, -0.25) is 9.78 Å². The average Bonchev–Trinajstić information content (AvgIpc) is 3.00. The Hall–Kier alpha value is -3.03. The Balaban J connectivity index is 1.66. The van der Waals surface area contributed by atoms with Gasteiger partial charge in [-0.05, 0) is 43.5 Å². The van der Waals surface area contributed by atoms with Gasteiger partial charge in [0.25, 0.3) is 0 Å². The van der Waals surface area contributed by atoms with Gasteiger partial charge >= 0.3 is 0 Å². The fourth-order valence-electron chi connectivity index (χ4n) is 3.03. The van der Waals surface area contributed by atoms with Crippen molar-refractivity contribution in [3.05, 3.63) is 36.5 Å². The summed E-state index contributed by atoms with van der Waals surface area (Å²) in [6.07, 6.45) is 4.56. The third-order valence-corrected chi connectivity index (χ3v) is 4.39. The first-order valence-corrected chi connectivity index (χ1v) is 8.38. The Kier molecular flexibility index (Phi) is 4.01. The van der Waals surface area contributed by atoms with Crippen LogP contribution >= 0.6 is 0 Å². The average molecular weight is 337 g/mol. The SMILES string of the molecule is CN1CCCC[C@@H](Nc2ccc3nnc(-c4ccccn4)n3n2)C1=O. The molecule has 1 N–H and O–H groups in total. The summed E-state index contributed by atoms with van der Waals surface area (Å²) in [6, 6.07) is 9.01. The minimum absolute atomic E-state index is 0.105. The molecule has 25 heavy (non-hydrogen) atoms. The lowest BCUT2D eigenvalue weighted by atomic mass is 10.1. The topological polar surface area (TPSA) is 88.3 Å². The lowest BCUT2D eigenvalue weighted by Crippen LogP contribution is -2.39. The molecule has 1 aliphatic heterocycles. The van der Waals surface area contributed by atoms with Gasteiger partial charge in [0.2, 0.25) is 11.7 Å². The first-order chi connectivity index (χ1) is 12.2. The van der Waals surface area contributed by atoms with E-state index in [1.165, 1.54) is 0 Å². The highest BCUT2D eigenvalue weighted by Crippen LogP contribution is 2.18. The van der Waals surface area contributed by atoms with Crippen LogP contribution < -0.4 is 5.32 Å². The molecule has 0 aliphatic carbocycles. The van der Waals surface area contributed by atoms with Crippen molar-refractivity contribution in [3.63, 3.8) is 0 Å². The van der Waals surface area contributed by atoms with Crippen LogP contribution in [0.25, 0.3) is 17.2 Å². The summed E-state index contributed by atoms with van der Waals surface area (Å²) >= 11 is 0. The number of likely N-dealkylation sites (tertiary alicyclic amines) is 1. The van der Waals surface area contributed by atoms with E-state index in [0.29, 0.717) is 23.0 Å². The number of pyridine rings is 1. The van der Waals surface area contributed by atoms with Crippen molar-refractivity contribution in [2.45, 2.75) is 25.3 Å². The number of nitrogens with zero attached hydrogens (tertiary/aromatic N) is 6. The molecule has 1 atom stereocenters. The van der Waals surface area contributed by atoms with Gasteiger partial charge in [0.05, 0.1) is 0 Å². The highest BCUT2D eigenvalue weighted by molar-refractivity contribution is 5.84. The molecular formula is C17H19N7O. The molecule has 0 saturated carbocycles. The van der Waals surface area contributed by atoms with Gasteiger partial charge in [-0.25, -0.2) is 0 Å². The number of carbonyl (C=O) groups excluding carboxylic acids is 1. The minimum atomic E-state index is -0.257. The van der Waals surface area contributed by atoms with Crippen LogP contribution in [0.5, 0.6) is 0 Å². The molecule has 3 aromatic rings. The van der Waals surface area contributed by atoms with Crippen LogP contribution in [0.1, 0.15) is 19.3 Å². The Labute approximate surface area is 144 Å². The molecule has 0 spiro atoms. The third-order valence-electron chi connectivity index (χ3n) is 4.39. The fourth-order valence-corrected chi connectivity index (χ4v) is 3.03. The molecule has 0 unspecified atom stereocenters. The molecule has 1 aliphatic rings. The third kappa shape index (κ3) is 3.02. The lowest BCUT2D eigenvalue weighted by molar-refractivity contribution is -0.130. The maximum absolute atomic E-state index is 12.4. The summed E-state index contributed by atoms with van der Waals surface area (Å²) in [7, 11) is 1.85. The van der Waals surface area contributed by atoms with E-state index in [1.54, 1.807) is 15.6 Å². The summed E-state index contributed by atoms with van der Waals surface area (Å²) < 4.78 is 1.65. The van der Waals surface area contributed by atoms with Gasteiger partial charge in [-0.1, -0.05) is 6.07 Å². The summed E-state index contributed by atoms with van der Waals surface area (Å²) in [6.45, 7) is 0.804. The molecule has 8 nitrogen and oxygen atoms in total. The first-order valence-electron chi connectivity index (χ1n) is 8.38. The van der Waals surface area contributed by atoms with Gasteiger partial charge < -0.3 is 10.2 Å². The number of hydrogen-bond acceptors (Lipinski definition) is 6. The second-order valence-electron chi connectivity index (χ2n) is 6.18.